The summed E-state index contributed by atoms with van der Waals surface area (Å²) in [6.07, 6.45) is 4.01. The molecule has 144 valence electrons. The monoisotopic (exact) mass is 360 g/mol. The maximum Gasteiger partial charge on any atom is 0.270 e. The highest BCUT2D eigenvalue weighted by molar-refractivity contribution is 5.95. The quantitative estimate of drug-likeness (QED) is 0.889. The number of fused-ring (bicyclic) bond motifs is 1. The highest BCUT2D eigenvalue weighted by Gasteiger charge is 2.25. The summed E-state index contributed by atoms with van der Waals surface area (Å²) < 4.78 is 7.47. The number of amides is 1. The van der Waals surface area contributed by atoms with Crippen LogP contribution in [0.15, 0.2) is 18.3 Å². The third kappa shape index (κ3) is 4.01. The number of piperidine rings is 1. The highest BCUT2D eigenvalue weighted by Crippen LogP contribution is 2.22. The number of likely N-dealkylation sites (tertiary alicyclic amines) is 1. The third-order valence-electron chi connectivity index (χ3n) is 4.82. The normalized spacial score (nSPS) is 18.0. The summed E-state index contributed by atoms with van der Waals surface area (Å²) in [5.74, 6) is 0.644. The molecule has 6 heteroatoms. The van der Waals surface area contributed by atoms with Gasteiger partial charge in [-0.05, 0) is 59.2 Å². The van der Waals surface area contributed by atoms with Crippen LogP contribution in [0.1, 0.15) is 57.2 Å². The summed E-state index contributed by atoms with van der Waals surface area (Å²) in [6.45, 7) is 10.8. The predicted molar refractivity (Wildman–Crippen MR) is 105 cm³/mol. The van der Waals surface area contributed by atoms with Gasteiger partial charge in [0.05, 0.1) is 12.3 Å². The zero-order chi connectivity index (χ0) is 18.0. The molecule has 1 saturated heterocycles. The average molecular weight is 361 g/mol. The van der Waals surface area contributed by atoms with Crippen molar-refractivity contribution >= 4 is 11.6 Å². The van der Waals surface area contributed by atoms with Gasteiger partial charge in [0.15, 0.2) is 11.4 Å². The van der Waals surface area contributed by atoms with Gasteiger partial charge in [-0.25, -0.2) is 4.98 Å². The van der Waals surface area contributed by atoms with E-state index in [1.54, 1.807) is 0 Å². The van der Waals surface area contributed by atoms with Gasteiger partial charge in [0, 0.05) is 24.8 Å². The van der Waals surface area contributed by atoms with Crippen LogP contribution in [0.3, 0.4) is 0 Å². The summed E-state index contributed by atoms with van der Waals surface area (Å²) in [4.78, 5) is 19.9. The van der Waals surface area contributed by atoms with Crippen LogP contribution in [0.25, 0.3) is 5.65 Å². The van der Waals surface area contributed by atoms with Gasteiger partial charge in [0.2, 0.25) is 0 Å². The topological polar surface area (TPSA) is 58.9 Å². The molecule has 6 nitrogen and oxygen atoms in total. The second-order valence-corrected chi connectivity index (χ2v) is 6.95. The van der Waals surface area contributed by atoms with Crippen LogP contribution in [0.4, 0.5) is 0 Å². The van der Waals surface area contributed by atoms with Crippen molar-refractivity contribution in [2.75, 3.05) is 19.7 Å². The van der Waals surface area contributed by atoms with E-state index in [2.05, 4.69) is 29.0 Å². The van der Waals surface area contributed by atoms with E-state index >= 15 is 0 Å². The number of imidazole rings is 1. The van der Waals surface area contributed by atoms with Gasteiger partial charge < -0.3 is 10.1 Å². The summed E-state index contributed by atoms with van der Waals surface area (Å²) in [5.41, 5.74) is 2.01. The van der Waals surface area contributed by atoms with Crippen LogP contribution >= 0.6 is 0 Å². The maximum absolute atomic E-state index is 12.9. The van der Waals surface area contributed by atoms with E-state index in [9.17, 15) is 4.79 Å². The number of ether oxygens (including phenoxy) is 1. The van der Waals surface area contributed by atoms with Gasteiger partial charge in [-0.1, -0.05) is 7.43 Å². The number of carbonyl (C=O) groups excluding carboxylic acids is 1. The molecule has 0 radical (unpaired) electrons. The molecule has 1 fully saturated rings. The highest BCUT2D eigenvalue weighted by atomic mass is 16.5. The fourth-order valence-electron chi connectivity index (χ4n) is 3.54. The van der Waals surface area contributed by atoms with E-state index < -0.39 is 0 Å². The van der Waals surface area contributed by atoms with Crippen molar-refractivity contribution in [2.24, 2.45) is 0 Å². The van der Waals surface area contributed by atoms with Crippen molar-refractivity contribution in [3.05, 3.63) is 29.7 Å². The number of rotatable bonds is 5. The first kappa shape index (κ1) is 20.2. The largest absolute Gasteiger partial charge is 0.490 e. The van der Waals surface area contributed by atoms with Gasteiger partial charge in [-0.15, -0.1) is 0 Å². The van der Waals surface area contributed by atoms with Crippen LogP contribution in [0.2, 0.25) is 0 Å². The number of nitrogens with one attached hydrogen (secondary N) is 1. The molecule has 3 heterocycles. The van der Waals surface area contributed by atoms with Crippen LogP contribution in [0.5, 0.6) is 5.75 Å². The number of nitrogens with zero attached hydrogens (tertiary/aromatic N) is 3. The molecule has 26 heavy (non-hydrogen) atoms. The van der Waals surface area contributed by atoms with Crippen LogP contribution in [-0.4, -0.2) is 52.0 Å². The first-order valence-electron chi connectivity index (χ1n) is 9.16. The molecular weight excluding hydrogens is 328 g/mol. The van der Waals surface area contributed by atoms with Crippen LogP contribution < -0.4 is 10.1 Å². The van der Waals surface area contributed by atoms with Crippen molar-refractivity contribution in [2.45, 2.75) is 60.0 Å². The smallest absolute Gasteiger partial charge is 0.270 e. The Hall–Kier alpha value is -2.08. The van der Waals surface area contributed by atoms with E-state index in [1.165, 1.54) is 0 Å². The lowest BCUT2D eigenvalue weighted by Gasteiger charge is -2.35. The fraction of sp³-hybridized carbons (Fsp3) is 0.600. The number of pyridine rings is 1. The van der Waals surface area contributed by atoms with E-state index in [1.807, 2.05) is 36.6 Å². The third-order valence-corrected chi connectivity index (χ3v) is 4.82. The maximum atomic E-state index is 12.9. The summed E-state index contributed by atoms with van der Waals surface area (Å²) in [5, 5.41) is 3.21. The van der Waals surface area contributed by atoms with Crippen molar-refractivity contribution in [1.82, 2.24) is 19.6 Å². The molecular formula is C20H32N4O2. The molecule has 2 aromatic rings. The van der Waals surface area contributed by atoms with E-state index in [-0.39, 0.29) is 19.4 Å². The van der Waals surface area contributed by atoms with Gasteiger partial charge in [-0.2, -0.15) is 0 Å². The molecule has 0 saturated carbocycles. The second kappa shape index (κ2) is 8.54. The Balaban J connectivity index is 0.00000243. The molecule has 1 atom stereocenters. The molecule has 0 aliphatic carbocycles. The van der Waals surface area contributed by atoms with Crippen molar-refractivity contribution < 1.29 is 9.53 Å². The minimum absolute atomic E-state index is 0. The predicted octanol–water partition coefficient (Wildman–Crippen LogP) is 3.28. The Kier molecular flexibility index (Phi) is 6.64. The lowest BCUT2D eigenvalue weighted by atomic mass is 10.0. The Labute approximate surface area is 156 Å². The van der Waals surface area contributed by atoms with Crippen molar-refractivity contribution in [3.8, 4) is 5.75 Å². The molecule has 0 bridgehead atoms. The van der Waals surface area contributed by atoms with Gasteiger partial charge in [0.1, 0.15) is 5.69 Å². The first-order chi connectivity index (χ1) is 12.0. The molecule has 1 aliphatic rings. The Bertz CT molecular complexity index is 754. The Morgan fingerprint density at radius 1 is 1.46 bits per heavy atom. The van der Waals surface area contributed by atoms with Gasteiger partial charge in [-0.3, -0.25) is 14.1 Å². The molecule has 1 N–H and O–H groups in total. The van der Waals surface area contributed by atoms with Crippen LogP contribution in [-0.2, 0) is 0 Å². The van der Waals surface area contributed by atoms with Crippen LogP contribution in [0, 0.1) is 6.92 Å². The summed E-state index contributed by atoms with van der Waals surface area (Å²) in [7, 11) is 0. The van der Waals surface area contributed by atoms with Gasteiger partial charge >= 0.3 is 0 Å². The molecule has 0 spiro atoms. The minimum Gasteiger partial charge on any atom is -0.490 e. The SMILES string of the molecule is C.CCOc1cccn2c(C(=O)N[C@H]3CCCN(C(C)C)C3)c(C)nc12. The molecule has 1 aliphatic heterocycles. The fourth-order valence-corrected chi connectivity index (χ4v) is 3.54. The number of carbonyl (C=O) groups is 1. The molecule has 0 unspecified atom stereocenters. The zero-order valence-electron chi connectivity index (χ0n) is 15.6. The minimum atomic E-state index is -0.0609. The Morgan fingerprint density at radius 3 is 2.92 bits per heavy atom. The van der Waals surface area contributed by atoms with E-state index in [0.717, 1.165) is 31.6 Å². The lowest BCUT2D eigenvalue weighted by Crippen LogP contribution is -2.49. The second-order valence-electron chi connectivity index (χ2n) is 6.95. The van der Waals surface area contributed by atoms with Crippen molar-refractivity contribution in [1.29, 1.82) is 0 Å². The van der Waals surface area contributed by atoms with E-state index in [4.69, 9.17) is 4.74 Å². The zero-order valence-corrected chi connectivity index (χ0v) is 15.6. The van der Waals surface area contributed by atoms with Gasteiger partial charge in [0.25, 0.3) is 5.91 Å². The molecule has 0 aromatic carbocycles. The summed E-state index contributed by atoms with van der Waals surface area (Å²) in [6, 6.07) is 4.46. The molecule has 3 rings (SSSR count). The lowest BCUT2D eigenvalue weighted by molar-refractivity contribution is 0.0880. The number of aromatic nitrogens is 2. The number of hydrogen-bond acceptors (Lipinski definition) is 4. The summed E-state index contributed by atoms with van der Waals surface area (Å²) >= 11 is 0. The standard InChI is InChI=1S/C19H28N4O2.CH4/c1-5-25-16-9-7-11-23-17(14(4)20-18(16)23)19(24)21-15-8-6-10-22(12-15)13(2)3;/h7,9,11,13,15H,5-6,8,10,12H2,1-4H3,(H,21,24);1H4/t15-;/m0./s1. The first-order valence-corrected chi connectivity index (χ1v) is 9.16. The average Bonchev–Trinajstić information content (AvgIpc) is 2.92. The number of aryl methyl sites for hydroxylation is 1. The number of hydrogen-bond donors (Lipinski definition) is 1. The van der Waals surface area contributed by atoms with Crippen molar-refractivity contribution in [3.63, 3.8) is 0 Å². The Morgan fingerprint density at radius 2 is 2.23 bits per heavy atom. The van der Waals surface area contributed by atoms with E-state index in [0.29, 0.717) is 29.7 Å². The molecule has 1 amide bonds. The molecule has 2 aromatic heterocycles.